The molecular formula is C20H32ClN3O2. The van der Waals surface area contributed by atoms with Crippen molar-refractivity contribution in [2.75, 3.05) is 11.9 Å². The summed E-state index contributed by atoms with van der Waals surface area (Å²) in [6, 6.07) is 7.72. The number of carbonyl (C=O) groups excluding carboxylic acids is 2. The summed E-state index contributed by atoms with van der Waals surface area (Å²) in [5.74, 6) is 0.354. The van der Waals surface area contributed by atoms with E-state index >= 15 is 0 Å². The topological polar surface area (TPSA) is 84.2 Å². The first-order valence-electron chi connectivity index (χ1n) is 9.55. The van der Waals surface area contributed by atoms with Crippen LogP contribution in [-0.4, -0.2) is 18.4 Å². The van der Waals surface area contributed by atoms with Gasteiger partial charge in [-0.15, -0.1) is 12.4 Å². The summed E-state index contributed by atoms with van der Waals surface area (Å²) in [5, 5.41) is 5.95. The van der Waals surface area contributed by atoms with E-state index in [2.05, 4.69) is 10.6 Å². The molecule has 0 bridgehead atoms. The number of carbonyl (C=O) groups is 2. The number of nitrogens with two attached hydrogens (primary N) is 1. The molecule has 1 fully saturated rings. The maximum atomic E-state index is 12.2. The summed E-state index contributed by atoms with van der Waals surface area (Å²) in [6.45, 7) is 1.22. The van der Waals surface area contributed by atoms with Crippen molar-refractivity contribution >= 4 is 29.9 Å². The van der Waals surface area contributed by atoms with E-state index in [1.54, 1.807) is 0 Å². The maximum Gasteiger partial charge on any atom is 0.227 e. The SMILES string of the molecule is Cl.NCCCCCCC(=O)NCc1cccc(NC(=O)C2CCCC2)c1. The highest BCUT2D eigenvalue weighted by atomic mass is 35.5. The van der Waals surface area contributed by atoms with E-state index in [1.165, 1.54) is 0 Å². The minimum atomic E-state index is 0. The minimum absolute atomic E-state index is 0. The highest BCUT2D eigenvalue weighted by Gasteiger charge is 2.22. The third-order valence-electron chi connectivity index (χ3n) is 4.77. The number of halogens is 1. The largest absolute Gasteiger partial charge is 0.352 e. The highest BCUT2D eigenvalue weighted by Crippen LogP contribution is 2.26. The number of hydrogen-bond donors (Lipinski definition) is 3. The molecule has 2 rings (SSSR count). The van der Waals surface area contributed by atoms with Crippen molar-refractivity contribution in [3.05, 3.63) is 29.8 Å². The van der Waals surface area contributed by atoms with Crippen LogP contribution in [0.15, 0.2) is 24.3 Å². The first-order valence-corrected chi connectivity index (χ1v) is 9.55. The van der Waals surface area contributed by atoms with Gasteiger partial charge in [0.2, 0.25) is 11.8 Å². The van der Waals surface area contributed by atoms with Gasteiger partial charge in [-0.2, -0.15) is 0 Å². The Balaban J connectivity index is 0.00000338. The minimum Gasteiger partial charge on any atom is -0.352 e. The predicted octanol–water partition coefficient (Wildman–Crippen LogP) is 3.76. The van der Waals surface area contributed by atoms with Gasteiger partial charge in [0.1, 0.15) is 0 Å². The normalized spacial score (nSPS) is 13.9. The summed E-state index contributed by atoms with van der Waals surface area (Å²) in [7, 11) is 0. The highest BCUT2D eigenvalue weighted by molar-refractivity contribution is 5.92. The standard InChI is InChI=1S/C20H31N3O2.ClH/c21-13-6-2-1-3-12-19(24)22-15-16-8-7-11-18(14-16)23-20(25)17-9-4-5-10-17;/h7-8,11,14,17H,1-6,9-10,12-13,15,21H2,(H,22,24)(H,23,25);1H. The summed E-state index contributed by atoms with van der Waals surface area (Å²) in [6.07, 6.45) is 8.92. The number of hydrogen-bond acceptors (Lipinski definition) is 3. The Morgan fingerprint density at radius 2 is 1.81 bits per heavy atom. The molecule has 6 heteroatoms. The maximum absolute atomic E-state index is 12.2. The van der Waals surface area contributed by atoms with Crippen LogP contribution < -0.4 is 16.4 Å². The van der Waals surface area contributed by atoms with Gasteiger partial charge in [0.05, 0.1) is 0 Å². The van der Waals surface area contributed by atoms with Crippen molar-refractivity contribution in [3.63, 3.8) is 0 Å². The second kappa shape index (κ2) is 12.7. The molecule has 0 aliphatic heterocycles. The molecule has 146 valence electrons. The quantitative estimate of drug-likeness (QED) is 0.539. The lowest BCUT2D eigenvalue weighted by atomic mass is 10.1. The molecule has 2 amide bonds. The number of rotatable bonds is 10. The van der Waals surface area contributed by atoms with E-state index in [0.29, 0.717) is 13.0 Å². The van der Waals surface area contributed by atoms with Crippen LogP contribution >= 0.6 is 12.4 Å². The van der Waals surface area contributed by atoms with Gasteiger partial charge in [0, 0.05) is 24.6 Å². The van der Waals surface area contributed by atoms with Crippen LogP contribution in [0, 0.1) is 5.92 Å². The van der Waals surface area contributed by atoms with Crippen molar-refractivity contribution in [2.24, 2.45) is 11.7 Å². The molecule has 26 heavy (non-hydrogen) atoms. The van der Waals surface area contributed by atoms with Gasteiger partial charge in [-0.3, -0.25) is 9.59 Å². The monoisotopic (exact) mass is 381 g/mol. The zero-order valence-corrected chi connectivity index (χ0v) is 16.3. The molecule has 1 saturated carbocycles. The van der Waals surface area contributed by atoms with Crippen molar-refractivity contribution in [1.29, 1.82) is 0 Å². The van der Waals surface area contributed by atoms with Gasteiger partial charge >= 0.3 is 0 Å². The third-order valence-corrected chi connectivity index (χ3v) is 4.77. The summed E-state index contributed by atoms with van der Waals surface area (Å²) in [4.78, 5) is 24.1. The Labute approximate surface area is 162 Å². The average Bonchev–Trinajstić information content (AvgIpc) is 3.15. The van der Waals surface area contributed by atoms with E-state index in [4.69, 9.17) is 5.73 Å². The van der Waals surface area contributed by atoms with Gasteiger partial charge in [-0.05, 0) is 49.9 Å². The molecule has 5 nitrogen and oxygen atoms in total. The van der Waals surface area contributed by atoms with Gasteiger partial charge < -0.3 is 16.4 Å². The fraction of sp³-hybridized carbons (Fsp3) is 0.600. The lowest BCUT2D eigenvalue weighted by Gasteiger charge is -2.12. The van der Waals surface area contributed by atoms with E-state index in [1.807, 2.05) is 24.3 Å². The number of nitrogens with one attached hydrogen (secondary N) is 2. The average molecular weight is 382 g/mol. The zero-order chi connectivity index (χ0) is 17.9. The molecule has 4 N–H and O–H groups in total. The lowest BCUT2D eigenvalue weighted by molar-refractivity contribution is -0.121. The smallest absolute Gasteiger partial charge is 0.227 e. The molecule has 0 spiro atoms. The van der Waals surface area contributed by atoms with Gasteiger partial charge in [-0.25, -0.2) is 0 Å². The number of unbranched alkanes of at least 4 members (excludes halogenated alkanes) is 3. The van der Waals surface area contributed by atoms with E-state index in [0.717, 1.165) is 69.2 Å². The molecule has 0 aromatic heterocycles. The molecule has 0 atom stereocenters. The Hall–Kier alpha value is -1.59. The van der Waals surface area contributed by atoms with E-state index < -0.39 is 0 Å². The van der Waals surface area contributed by atoms with Crippen molar-refractivity contribution in [1.82, 2.24) is 5.32 Å². The predicted molar refractivity (Wildman–Crippen MR) is 108 cm³/mol. The van der Waals surface area contributed by atoms with Crippen LogP contribution in [-0.2, 0) is 16.1 Å². The molecule has 1 aromatic rings. The molecular weight excluding hydrogens is 350 g/mol. The van der Waals surface area contributed by atoms with Crippen molar-refractivity contribution in [2.45, 2.75) is 64.3 Å². The second-order valence-electron chi connectivity index (χ2n) is 6.90. The first-order chi connectivity index (χ1) is 12.2. The molecule has 0 radical (unpaired) electrons. The van der Waals surface area contributed by atoms with Crippen LogP contribution in [0.5, 0.6) is 0 Å². The molecule has 1 aliphatic rings. The molecule has 1 aliphatic carbocycles. The summed E-state index contributed by atoms with van der Waals surface area (Å²) < 4.78 is 0. The molecule has 0 unspecified atom stereocenters. The zero-order valence-electron chi connectivity index (χ0n) is 15.5. The Morgan fingerprint density at radius 1 is 1.08 bits per heavy atom. The van der Waals surface area contributed by atoms with Gasteiger partial charge in [-0.1, -0.05) is 37.8 Å². The Kier molecular flexibility index (Phi) is 11.0. The van der Waals surface area contributed by atoms with Crippen LogP contribution in [0.3, 0.4) is 0 Å². The number of benzene rings is 1. The lowest BCUT2D eigenvalue weighted by Crippen LogP contribution is -2.23. The van der Waals surface area contributed by atoms with Crippen molar-refractivity contribution in [3.8, 4) is 0 Å². The van der Waals surface area contributed by atoms with E-state index in [9.17, 15) is 9.59 Å². The number of amides is 2. The van der Waals surface area contributed by atoms with Crippen LogP contribution in [0.1, 0.15) is 63.4 Å². The van der Waals surface area contributed by atoms with Crippen LogP contribution in [0.4, 0.5) is 5.69 Å². The fourth-order valence-electron chi connectivity index (χ4n) is 3.26. The van der Waals surface area contributed by atoms with Crippen LogP contribution in [0.2, 0.25) is 0 Å². The number of anilines is 1. The molecule has 0 saturated heterocycles. The van der Waals surface area contributed by atoms with Gasteiger partial charge in [0.15, 0.2) is 0 Å². The third kappa shape index (κ3) is 8.19. The van der Waals surface area contributed by atoms with E-state index in [-0.39, 0.29) is 30.1 Å². The fourth-order valence-corrected chi connectivity index (χ4v) is 3.26. The van der Waals surface area contributed by atoms with Gasteiger partial charge in [0.25, 0.3) is 0 Å². The molecule has 1 aromatic carbocycles. The second-order valence-corrected chi connectivity index (χ2v) is 6.90. The summed E-state index contributed by atoms with van der Waals surface area (Å²) in [5.41, 5.74) is 7.27. The van der Waals surface area contributed by atoms with Crippen LogP contribution in [0.25, 0.3) is 0 Å². The Morgan fingerprint density at radius 3 is 2.54 bits per heavy atom. The first kappa shape index (κ1) is 22.5. The van der Waals surface area contributed by atoms with Crippen molar-refractivity contribution < 1.29 is 9.59 Å². The Bertz CT molecular complexity index is 560. The summed E-state index contributed by atoms with van der Waals surface area (Å²) >= 11 is 0. The molecule has 0 heterocycles.